The molecule has 0 N–H and O–H groups in total. The van der Waals surface area contributed by atoms with E-state index >= 15 is 0 Å². The second-order valence-electron chi connectivity index (χ2n) is 9.48. The highest BCUT2D eigenvalue weighted by Crippen LogP contribution is 2.37. The Hall–Kier alpha value is -3.06. The van der Waals surface area contributed by atoms with Crippen molar-refractivity contribution < 1.29 is 4.74 Å². The minimum absolute atomic E-state index is 0.0779. The average Bonchev–Trinajstić information content (AvgIpc) is 2.82. The summed E-state index contributed by atoms with van der Waals surface area (Å²) < 4.78 is 5.65. The summed E-state index contributed by atoms with van der Waals surface area (Å²) in [5.41, 5.74) is 6.41. The number of hydrogen-bond donors (Lipinski definition) is 0. The Balaban J connectivity index is 1.87. The monoisotopic (exact) mass is 424 g/mol. The zero-order valence-corrected chi connectivity index (χ0v) is 20.0. The summed E-state index contributed by atoms with van der Waals surface area (Å²) in [5.74, 6) is 0.871. The predicted molar refractivity (Wildman–Crippen MR) is 138 cm³/mol. The maximum atomic E-state index is 5.65. The van der Waals surface area contributed by atoms with Crippen molar-refractivity contribution in [2.24, 2.45) is 0 Å². The molecule has 0 aliphatic carbocycles. The normalized spacial score (nSPS) is 11.8. The first-order chi connectivity index (χ1) is 15.3. The van der Waals surface area contributed by atoms with Crippen LogP contribution in [0.4, 0.5) is 0 Å². The van der Waals surface area contributed by atoms with Crippen LogP contribution >= 0.6 is 0 Å². The molecule has 0 radical (unpaired) electrons. The molecule has 0 aromatic heterocycles. The number of ether oxygens (including phenoxy) is 1. The van der Waals surface area contributed by atoms with Crippen molar-refractivity contribution >= 4 is 0 Å². The fourth-order valence-corrected chi connectivity index (χ4v) is 4.11. The molecule has 3 rings (SSSR count). The maximum Gasteiger partial charge on any atom is 0.119 e. The van der Waals surface area contributed by atoms with E-state index in [-0.39, 0.29) is 10.8 Å². The fraction of sp³-hybridized carbons (Fsp3) is 0.290. The van der Waals surface area contributed by atoms with Gasteiger partial charge in [-0.25, -0.2) is 0 Å². The van der Waals surface area contributed by atoms with Crippen LogP contribution in [-0.4, -0.2) is 6.61 Å². The molecule has 0 aliphatic heterocycles. The lowest BCUT2D eigenvalue weighted by Gasteiger charge is -2.31. The molecule has 1 heteroatoms. The summed E-state index contributed by atoms with van der Waals surface area (Å²) in [6, 6.07) is 26.5. The van der Waals surface area contributed by atoms with Gasteiger partial charge in [0.15, 0.2) is 0 Å². The zero-order chi connectivity index (χ0) is 23.2. The van der Waals surface area contributed by atoms with E-state index in [0.717, 1.165) is 18.6 Å². The van der Waals surface area contributed by atoms with Crippen molar-refractivity contribution in [2.45, 2.75) is 51.4 Å². The molecule has 0 atom stereocenters. The Bertz CT molecular complexity index is 954. The first kappa shape index (κ1) is 23.6. The highest BCUT2D eigenvalue weighted by atomic mass is 16.5. The van der Waals surface area contributed by atoms with Gasteiger partial charge in [-0.1, -0.05) is 107 Å². The predicted octanol–water partition coefficient (Wildman–Crippen LogP) is 8.02. The van der Waals surface area contributed by atoms with Crippen molar-refractivity contribution in [3.8, 4) is 5.75 Å². The third kappa shape index (κ3) is 5.22. The quantitative estimate of drug-likeness (QED) is 0.299. The van der Waals surface area contributed by atoms with E-state index in [1.54, 1.807) is 6.08 Å². The highest BCUT2D eigenvalue weighted by molar-refractivity contribution is 5.45. The summed E-state index contributed by atoms with van der Waals surface area (Å²) in [7, 11) is 0. The van der Waals surface area contributed by atoms with Gasteiger partial charge in [-0.05, 0) is 52.8 Å². The molecule has 0 fully saturated rings. The summed E-state index contributed by atoms with van der Waals surface area (Å²) in [6.45, 7) is 17.2. The number of benzene rings is 3. The van der Waals surface area contributed by atoms with E-state index in [0.29, 0.717) is 6.61 Å². The molecule has 1 nitrogen and oxygen atoms in total. The van der Waals surface area contributed by atoms with Crippen LogP contribution in [-0.2, 0) is 17.3 Å². The third-order valence-corrected chi connectivity index (χ3v) is 6.56. The first-order valence-corrected chi connectivity index (χ1v) is 11.4. The van der Waals surface area contributed by atoms with Crippen molar-refractivity contribution in [1.29, 1.82) is 0 Å². The number of rotatable bonds is 10. The summed E-state index contributed by atoms with van der Waals surface area (Å²) >= 11 is 0. The second-order valence-corrected chi connectivity index (χ2v) is 9.48. The fourth-order valence-electron chi connectivity index (χ4n) is 4.11. The highest BCUT2D eigenvalue weighted by Gasteiger charge is 2.27. The van der Waals surface area contributed by atoms with Crippen LogP contribution in [0.5, 0.6) is 5.75 Å². The van der Waals surface area contributed by atoms with E-state index in [2.05, 4.69) is 102 Å². The van der Waals surface area contributed by atoms with Crippen LogP contribution < -0.4 is 4.74 Å². The topological polar surface area (TPSA) is 9.23 Å². The molecule has 32 heavy (non-hydrogen) atoms. The van der Waals surface area contributed by atoms with Crippen LogP contribution in [0.25, 0.3) is 0 Å². The molecule has 3 aromatic rings. The van der Waals surface area contributed by atoms with Crippen LogP contribution in [0.3, 0.4) is 0 Å². The lowest BCUT2D eigenvalue weighted by molar-refractivity contribution is 0.363. The third-order valence-electron chi connectivity index (χ3n) is 6.56. The molecule has 0 spiro atoms. The molecule has 0 amide bonds. The van der Waals surface area contributed by atoms with E-state index in [1.165, 1.54) is 27.8 Å². The van der Waals surface area contributed by atoms with E-state index in [4.69, 9.17) is 4.74 Å². The summed E-state index contributed by atoms with van der Waals surface area (Å²) in [5, 5.41) is 0. The van der Waals surface area contributed by atoms with Gasteiger partial charge in [0.05, 0.1) is 0 Å². The SMILES string of the molecule is C=CCCc1ccc(C(C)(C)c2cccc(C(C)(C)c3ccc(OCC=C)cc3)c2)cc1. The molecule has 0 unspecified atom stereocenters. The van der Waals surface area contributed by atoms with Crippen LogP contribution in [0, 0.1) is 0 Å². The first-order valence-electron chi connectivity index (χ1n) is 11.4. The molecule has 0 bridgehead atoms. The lowest BCUT2D eigenvalue weighted by Crippen LogP contribution is -2.23. The summed E-state index contributed by atoms with van der Waals surface area (Å²) in [4.78, 5) is 0. The number of aryl methyl sites for hydroxylation is 1. The maximum absolute atomic E-state index is 5.65. The van der Waals surface area contributed by atoms with Gasteiger partial charge < -0.3 is 4.74 Å². The van der Waals surface area contributed by atoms with E-state index in [1.807, 2.05) is 18.2 Å². The molecular weight excluding hydrogens is 388 g/mol. The summed E-state index contributed by atoms with van der Waals surface area (Å²) in [6.07, 6.45) is 5.80. The van der Waals surface area contributed by atoms with Gasteiger partial charge in [-0.2, -0.15) is 0 Å². The standard InChI is InChI=1S/C31H36O/c1-7-9-11-24-14-16-25(17-15-24)30(3,4)27-12-10-13-28(23-27)31(5,6)26-18-20-29(21-19-26)32-22-8-2/h7-8,10,12-21,23H,1-2,9,11,22H2,3-6H3. The molecule has 166 valence electrons. The van der Waals surface area contributed by atoms with Gasteiger partial charge >= 0.3 is 0 Å². The molecular formula is C31H36O. The largest absolute Gasteiger partial charge is 0.490 e. The van der Waals surface area contributed by atoms with Gasteiger partial charge in [0.1, 0.15) is 12.4 Å². The van der Waals surface area contributed by atoms with E-state index < -0.39 is 0 Å². The smallest absolute Gasteiger partial charge is 0.119 e. The van der Waals surface area contributed by atoms with Gasteiger partial charge in [0.25, 0.3) is 0 Å². The number of allylic oxidation sites excluding steroid dienone is 1. The zero-order valence-electron chi connectivity index (χ0n) is 20.0. The van der Waals surface area contributed by atoms with Crippen LogP contribution in [0.2, 0.25) is 0 Å². The molecule has 3 aromatic carbocycles. The van der Waals surface area contributed by atoms with Gasteiger partial charge in [0, 0.05) is 10.8 Å². The molecule has 0 heterocycles. The van der Waals surface area contributed by atoms with Crippen molar-refractivity contribution in [3.63, 3.8) is 0 Å². The van der Waals surface area contributed by atoms with Crippen molar-refractivity contribution in [1.82, 2.24) is 0 Å². The van der Waals surface area contributed by atoms with Crippen LogP contribution in [0.15, 0.2) is 98.1 Å². The van der Waals surface area contributed by atoms with Crippen molar-refractivity contribution in [3.05, 3.63) is 126 Å². The molecule has 0 saturated heterocycles. The van der Waals surface area contributed by atoms with E-state index in [9.17, 15) is 0 Å². The molecule has 0 saturated carbocycles. The Labute approximate surface area is 194 Å². The Kier molecular flexibility index (Phi) is 7.40. The average molecular weight is 425 g/mol. The number of hydrogen-bond acceptors (Lipinski definition) is 1. The lowest BCUT2D eigenvalue weighted by atomic mass is 9.73. The van der Waals surface area contributed by atoms with Gasteiger partial charge in [-0.3, -0.25) is 0 Å². The van der Waals surface area contributed by atoms with Crippen LogP contribution in [0.1, 0.15) is 61.9 Å². The Morgan fingerprint density at radius 1 is 0.688 bits per heavy atom. The van der Waals surface area contributed by atoms with Crippen molar-refractivity contribution in [2.75, 3.05) is 6.61 Å². The van der Waals surface area contributed by atoms with Gasteiger partial charge in [0.2, 0.25) is 0 Å². The second kappa shape index (κ2) is 10.0. The Morgan fingerprint density at radius 3 is 1.72 bits per heavy atom. The molecule has 0 aliphatic rings. The van der Waals surface area contributed by atoms with Gasteiger partial charge in [-0.15, -0.1) is 6.58 Å². The minimum Gasteiger partial charge on any atom is -0.490 e. The minimum atomic E-state index is -0.113. The Morgan fingerprint density at radius 2 is 1.22 bits per heavy atom.